The molecule has 0 aliphatic carbocycles. The molecule has 5 heteroatoms. The molecule has 0 atom stereocenters. The fraction of sp³-hybridized carbons (Fsp3) is 0.188. The molecule has 2 aromatic rings. The summed E-state index contributed by atoms with van der Waals surface area (Å²) in [4.78, 5) is 12.6. The number of hydrogen-bond donors (Lipinski definition) is 1. The summed E-state index contributed by atoms with van der Waals surface area (Å²) in [5.74, 6) is -0.417. The second-order valence-electron chi connectivity index (χ2n) is 4.58. The third kappa shape index (κ3) is 4.86. The fourth-order valence-corrected chi connectivity index (χ4v) is 2.58. The predicted molar refractivity (Wildman–Crippen MR) is 81.5 cm³/mol. The number of halogens is 2. The van der Waals surface area contributed by atoms with Gasteiger partial charge in [-0.15, -0.1) is 11.8 Å². The minimum absolute atomic E-state index is 0.192. The van der Waals surface area contributed by atoms with Crippen LogP contribution in [0, 0.1) is 18.6 Å². The SMILES string of the molecule is Cc1ccc(NC(=O)CCSc2ccc(F)cc2)c(F)c1. The van der Waals surface area contributed by atoms with Gasteiger partial charge in [0.15, 0.2) is 0 Å². The number of anilines is 1. The quantitative estimate of drug-likeness (QED) is 0.830. The van der Waals surface area contributed by atoms with Crippen molar-refractivity contribution in [2.45, 2.75) is 18.2 Å². The van der Waals surface area contributed by atoms with Crippen molar-refractivity contribution < 1.29 is 13.6 Å². The number of hydrogen-bond acceptors (Lipinski definition) is 2. The first-order valence-corrected chi connectivity index (χ1v) is 7.47. The zero-order chi connectivity index (χ0) is 15.2. The molecule has 0 aliphatic heterocycles. The Morgan fingerprint density at radius 3 is 2.52 bits per heavy atom. The topological polar surface area (TPSA) is 29.1 Å². The molecule has 110 valence electrons. The van der Waals surface area contributed by atoms with E-state index < -0.39 is 5.82 Å². The van der Waals surface area contributed by atoms with E-state index in [1.165, 1.54) is 30.0 Å². The third-order valence-corrected chi connectivity index (χ3v) is 3.82. The van der Waals surface area contributed by atoms with Gasteiger partial charge in [-0.3, -0.25) is 4.79 Å². The summed E-state index contributed by atoms with van der Waals surface area (Å²) in [7, 11) is 0. The number of benzene rings is 2. The van der Waals surface area contributed by atoms with E-state index in [0.717, 1.165) is 10.5 Å². The van der Waals surface area contributed by atoms with Crippen LogP contribution in [0.25, 0.3) is 0 Å². The van der Waals surface area contributed by atoms with Gasteiger partial charge in [0.2, 0.25) is 5.91 Å². The smallest absolute Gasteiger partial charge is 0.225 e. The van der Waals surface area contributed by atoms with Gasteiger partial charge < -0.3 is 5.32 Å². The number of rotatable bonds is 5. The van der Waals surface area contributed by atoms with Gasteiger partial charge in [0, 0.05) is 17.1 Å². The molecule has 2 rings (SSSR count). The van der Waals surface area contributed by atoms with Crippen molar-refractivity contribution in [2.75, 3.05) is 11.1 Å². The van der Waals surface area contributed by atoms with Crippen LogP contribution in [-0.2, 0) is 4.79 Å². The molecule has 21 heavy (non-hydrogen) atoms. The summed E-state index contributed by atoms with van der Waals surface area (Å²) in [5, 5.41) is 2.55. The molecule has 0 aromatic heterocycles. The Kier molecular flexibility index (Phi) is 5.33. The largest absolute Gasteiger partial charge is 0.324 e. The molecule has 0 aliphatic rings. The van der Waals surface area contributed by atoms with Crippen molar-refractivity contribution in [3.63, 3.8) is 0 Å². The van der Waals surface area contributed by atoms with Crippen molar-refractivity contribution in [1.29, 1.82) is 0 Å². The minimum Gasteiger partial charge on any atom is -0.324 e. The molecule has 1 N–H and O–H groups in total. The zero-order valence-corrected chi connectivity index (χ0v) is 12.3. The van der Waals surface area contributed by atoms with Crippen molar-refractivity contribution >= 4 is 23.4 Å². The van der Waals surface area contributed by atoms with Gasteiger partial charge in [-0.05, 0) is 48.9 Å². The summed E-state index contributed by atoms with van der Waals surface area (Å²) < 4.78 is 26.3. The Hall–Kier alpha value is -1.88. The number of carbonyl (C=O) groups excluding carboxylic acids is 1. The summed E-state index contributed by atoms with van der Waals surface area (Å²) in [5.41, 5.74) is 0.995. The van der Waals surface area contributed by atoms with E-state index in [2.05, 4.69) is 5.32 Å². The molecule has 0 radical (unpaired) electrons. The molecule has 0 spiro atoms. The Labute approximate surface area is 126 Å². The maximum Gasteiger partial charge on any atom is 0.225 e. The Morgan fingerprint density at radius 2 is 1.86 bits per heavy atom. The Morgan fingerprint density at radius 1 is 1.14 bits per heavy atom. The number of amides is 1. The Balaban J connectivity index is 1.81. The van der Waals surface area contributed by atoms with Crippen LogP contribution in [0.15, 0.2) is 47.4 Å². The maximum atomic E-state index is 13.6. The highest BCUT2D eigenvalue weighted by Crippen LogP contribution is 2.20. The van der Waals surface area contributed by atoms with Crippen LogP contribution in [0.1, 0.15) is 12.0 Å². The van der Waals surface area contributed by atoms with Gasteiger partial charge in [-0.25, -0.2) is 8.78 Å². The van der Waals surface area contributed by atoms with Crippen molar-refractivity contribution in [3.05, 3.63) is 59.7 Å². The average molecular weight is 307 g/mol. The van der Waals surface area contributed by atoms with Crippen molar-refractivity contribution in [1.82, 2.24) is 0 Å². The fourth-order valence-electron chi connectivity index (χ4n) is 1.73. The molecule has 2 nitrogen and oxygen atoms in total. The summed E-state index contributed by atoms with van der Waals surface area (Å²) in [6, 6.07) is 10.8. The molecule has 1 amide bonds. The first-order chi connectivity index (χ1) is 10.0. The maximum absolute atomic E-state index is 13.6. The van der Waals surface area contributed by atoms with Crippen LogP contribution in [0.4, 0.5) is 14.5 Å². The molecule has 0 heterocycles. The lowest BCUT2D eigenvalue weighted by atomic mass is 10.2. The van der Waals surface area contributed by atoms with Gasteiger partial charge in [0.1, 0.15) is 11.6 Å². The molecular weight excluding hydrogens is 292 g/mol. The van der Waals surface area contributed by atoms with E-state index in [0.29, 0.717) is 5.75 Å². The molecule has 2 aromatic carbocycles. The van der Waals surface area contributed by atoms with Crippen molar-refractivity contribution in [3.8, 4) is 0 Å². The summed E-state index contributed by atoms with van der Waals surface area (Å²) in [6.45, 7) is 1.79. The average Bonchev–Trinajstić information content (AvgIpc) is 2.44. The van der Waals surface area contributed by atoms with Crippen LogP contribution in [0.5, 0.6) is 0 Å². The normalized spacial score (nSPS) is 10.4. The molecule has 0 unspecified atom stereocenters. The standard InChI is InChI=1S/C16H15F2NOS/c1-11-2-7-15(14(18)10-11)19-16(20)8-9-21-13-5-3-12(17)4-6-13/h2-7,10H,8-9H2,1H3,(H,19,20). The second kappa shape index (κ2) is 7.22. The first-order valence-electron chi connectivity index (χ1n) is 6.49. The lowest BCUT2D eigenvalue weighted by Gasteiger charge is -2.07. The van der Waals surface area contributed by atoms with E-state index in [9.17, 15) is 13.6 Å². The van der Waals surface area contributed by atoms with Gasteiger partial charge >= 0.3 is 0 Å². The highest BCUT2D eigenvalue weighted by Gasteiger charge is 2.07. The highest BCUT2D eigenvalue weighted by molar-refractivity contribution is 7.99. The zero-order valence-electron chi connectivity index (χ0n) is 11.5. The number of carbonyl (C=O) groups is 1. The summed E-state index contributed by atoms with van der Waals surface area (Å²) in [6.07, 6.45) is 0.259. The molecular formula is C16H15F2NOS. The van der Waals surface area contributed by atoms with Gasteiger partial charge in [-0.2, -0.15) is 0 Å². The van der Waals surface area contributed by atoms with E-state index in [4.69, 9.17) is 0 Å². The number of nitrogens with one attached hydrogen (secondary N) is 1. The van der Waals surface area contributed by atoms with E-state index in [1.807, 2.05) is 0 Å². The molecule has 0 bridgehead atoms. The third-order valence-electron chi connectivity index (χ3n) is 2.81. The van der Waals surface area contributed by atoms with Crippen LogP contribution in [-0.4, -0.2) is 11.7 Å². The number of aryl methyl sites for hydroxylation is 1. The molecule has 0 saturated carbocycles. The first kappa shape index (κ1) is 15.5. The van der Waals surface area contributed by atoms with Crippen LogP contribution >= 0.6 is 11.8 Å². The van der Waals surface area contributed by atoms with Gasteiger partial charge in [-0.1, -0.05) is 6.07 Å². The van der Waals surface area contributed by atoms with Crippen LogP contribution in [0.3, 0.4) is 0 Å². The van der Waals surface area contributed by atoms with E-state index >= 15 is 0 Å². The van der Waals surface area contributed by atoms with Gasteiger partial charge in [0.05, 0.1) is 5.69 Å². The van der Waals surface area contributed by atoms with Crippen molar-refractivity contribution in [2.24, 2.45) is 0 Å². The van der Waals surface area contributed by atoms with E-state index in [1.54, 1.807) is 31.2 Å². The molecule has 0 fully saturated rings. The predicted octanol–water partition coefficient (Wildman–Crippen LogP) is 4.39. The molecule has 0 saturated heterocycles. The second-order valence-corrected chi connectivity index (χ2v) is 5.75. The van der Waals surface area contributed by atoms with Crippen LogP contribution in [0.2, 0.25) is 0 Å². The highest BCUT2D eigenvalue weighted by atomic mass is 32.2. The van der Waals surface area contributed by atoms with Gasteiger partial charge in [0.25, 0.3) is 0 Å². The minimum atomic E-state index is -0.436. The van der Waals surface area contributed by atoms with Crippen LogP contribution < -0.4 is 5.32 Å². The lowest BCUT2D eigenvalue weighted by molar-refractivity contribution is -0.115. The Bertz CT molecular complexity index is 629. The number of thioether (sulfide) groups is 1. The monoisotopic (exact) mass is 307 g/mol. The summed E-state index contributed by atoms with van der Waals surface area (Å²) >= 11 is 1.45. The van der Waals surface area contributed by atoms with E-state index in [-0.39, 0.29) is 23.8 Å². The lowest BCUT2D eigenvalue weighted by Crippen LogP contribution is -2.13.